The molecule has 0 atom stereocenters. The van der Waals surface area contributed by atoms with Gasteiger partial charge in [0.25, 0.3) is 5.56 Å². The predicted molar refractivity (Wildman–Crippen MR) is 99.9 cm³/mol. The molecule has 36 heavy (non-hydrogen) atoms. The van der Waals surface area contributed by atoms with Crippen LogP contribution in [0.4, 0.5) is 43.9 Å². The van der Waals surface area contributed by atoms with E-state index in [0.717, 1.165) is 10.9 Å². The van der Waals surface area contributed by atoms with Crippen LogP contribution >= 0.6 is 0 Å². The summed E-state index contributed by atoms with van der Waals surface area (Å²) < 4.78 is 139. The third-order valence-electron chi connectivity index (χ3n) is 5.32. The smallest absolute Gasteiger partial charge is 0.328 e. The number of aryl methyl sites for hydroxylation is 1. The third kappa shape index (κ3) is 3.46. The number of fused-ring (bicyclic) bond motifs is 1. The fourth-order valence-electron chi connectivity index (χ4n) is 3.49. The number of hydrogen-bond acceptors (Lipinski definition) is 3. The normalized spacial score (nSPS) is 11.6. The van der Waals surface area contributed by atoms with Crippen LogP contribution in [-0.2, 0) is 20.1 Å². The van der Waals surface area contributed by atoms with Gasteiger partial charge in [0.15, 0.2) is 57.7 Å². The molecule has 16 heteroatoms. The molecule has 2 heterocycles. The van der Waals surface area contributed by atoms with Crippen molar-refractivity contribution >= 4 is 11.2 Å². The van der Waals surface area contributed by atoms with Crippen molar-refractivity contribution in [2.24, 2.45) is 7.05 Å². The summed E-state index contributed by atoms with van der Waals surface area (Å²) in [7, 11) is 1.17. The maximum atomic E-state index is 14.2. The minimum Gasteiger partial charge on any atom is -0.328 e. The lowest BCUT2D eigenvalue weighted by Gasteiger charge is -2.15. The molecule has 0 saturated heterocycles. The van der Waals surface area contributed by atoms with Crippen molar-refractivity contribution in [1.29, 1.82) is 0 Å². The molecule has 4 rings (SSSR count). The van der Waals surface area contributed by atoms with E-state index in [1.165, 1.54) is 7.05 Å². The Morgan fingerprint density at radius 1 is 0.611 bits per heavy atom. The zero-order chi connectivity index (χ0) is 26.8. The van der Waals surface area contributed by atoms with Crippen LogP contribution in [-0.4, -0.2) is 18.7 Å². The fourth-order valence-corrected chi connectivity index (χ4v) is 3.49. The largest absolute Gasteiger partial charge is 0.333 e. The molecule has 0 saturated carbocycles. The van der Waals surface area contributed by atoms with E-state index in [0.29, 0.717) is 0 Å². The third-order valence-corrected chi connectivity index (χ3v) is 5.32. The lowest BCUT2D eigenvalue weighted by atomic mass is 10.1. The van der Waals surface area contributed by atoms with Crippen molar-refractivity contribution < 1.29 is 43.9 Å². The molecule has 2 aromatic heterocycles. The van der Waals surface area contributed by atoms with Gasteiger partial charge in [-0.15, -0.1) is 0 Å². The van der Waals surface area contributed by atoms with E-state index in [-0.39, 0.29) is 9.13 Å². The van der Waals surface area contributed by atoms with Crippen LogP contribution in [0.15, 0.2) is 15.9 Å². The van der Waals surface area contributed by atoms with Crippen molar-refractivity contribution in [3.63, 3.8) is 0 Å². The van der Waals surface area contributed by atoms with Gasteiger partial charge in [0.05, 0.1) is 19.4 Å². The summed E-state index contributed by atoms with van der Waals surface area (Å²) in [4.78, 5) is 29.5. The molecule has 0 aliphatic heterocycles. The van der Waals surface area contributed by atoms with Crippen LogP contribution < -0.4 is 11.2 Å². The highest BCUT2D eigenvalue weighted by atomic mass is 19.2. The average Bonchev–Trinajstić information content (AvgIpc) is 3.24. The minimum atomic E-state index is -2.51. The molecule has 0 radical (unpaired) electrons. The van der Waals surface area contributed by atoms with E-state index in [1.807, 2.05) is 0 Å². The van der Waals surface area contributed by atoms with Crippen LogP contribution in [0, 0.1) is 58.2 Å². The van der Waals surface area contributed by atoms with Crippen LogP contribution in [0.5, 0.6) is 0 Å². The van der Waals surface area contributed by atoms with Crippen molar-refractivity contribution in [1.82, 2.24) is 18.7 Å². The molecule has 0 spiro atoms. The summed E-state index contributed by atoms with van der Waals surface area (Å²) in [6.07, 6.45) is 0.906. The first-order chi connectivity index (χ1) is 16.8. The van der Waals surface area contributed by atoms with Crippen LogP contribution in [0.1, 0.15) is 11.1 Å². The Bertz CT molecular complexity index is 1650. The Hall–Kier alpha value is -4.11. The van der Waals surface area contributed by atoms with E-state index < -0.39 is 105 Å². The number of rotatable bonds is 4. The molecule has 0 bridgehead atoms. The lowest BCUT2D eigenvalue weighted by molar-refractivity contribution is 0.365. The summed E-state index contributed by atoms with van der Waals surface area (Å²) in [6, 6.07) is 0. The minimum absolute atomic E-state index is 0.0473. The standard InChI is InChI=1S/C20H8F10N4O2/c1-32-4-31-18-17(32)19(35)34(3-6-9(23)13(27)16(30)14(28)10(6)24)20(36)33(18)2-5-7(21)11(25)15(29)12(26)8(5)22/h4H,2-3H2,1H3. The quantitative estimate of drug-likeness (QED) is 0.233. The van der Waals surface area contributed by atoms with E-state index in [1.54, 1.807) is 0 Å². The SMILES string of the molecule is Cn1cnc2c1c(=O)n(Cc1c(F)c(F)c(F)c(F)c1F)c(=O)n2Cc1c(F)c(F)c(F)c(F)c1F. The van der Waals surface area contributed by atoms with Gasteiger partial charge < -0.3 is 4.57 Å². The highest BCUT2D eigenvalue weighted by Crippen LogP contribution is 2.25. The Morgan fingerprint density at radius 3 is 1.39 bits per heavy atom. The molecular weight excluding hydrogens is 518 g/mol. The molecule has 0 aliphatic rings. The molecule has 4 aromatic rings. The first-order valence-electron chi connectivity index (χ1n) is 9.44. The van der Waals surface area contributed by atoms with Gasteiger partial charge >= 0.3 is 5.69 Å². The summed E-state index contributed by atoms with van der Waals surface area (Å²) in [5.74, 6) is -23.8. The molecule has 6 nitrogen and oxygen atoms in total. The second-order valence-corrected chi connectivity index (χ2v) is 7.38. The molecule has 0 unspecified atom stereocenters. The van der Waals surface area contributed by atoms with E-state index >= 15 is 0 Å². The first-order valence-corrected chi connectivity index (χ1v) is 9.44. The number of aromatic nitrogens is 4. The van der Waals surface area contributed by atoms with Gasteiger partial charge in [0, 0.05) is 18.2 Å². The Kier molecular flexibility index (Phi) is 5.92. The molecular formula is C20H8F10N4O2. The van der Waals surface area contributed by atoms with E-state index in [9.17, 15) is 53.5 Å². The summed E-state index contributed by atoms with van der Waals surface area (Å²) >= 11 is 0. The Balaban J connectivity index is 2.02. The van der Waals surface area contributed by atoms with Gasteiger partial charge in [0.2, 0.25) is 11.6 Å². The van der Waals surface area contributed by atoms with Gasteiger partial charge in [-0.3, -0.25) is 13.9 Å². The van der Waals surface area contributed by atoms with Gasteiger partial charge in [-0.1, -0.05) is 0 Å². The van der Waals surface area contributed by atoms with Crippen molar-refractivity contribution in [2.45, 2.75) is 13.1 Å². The second-order valence-electron chi connectivity index (χ2n) is 7.38. The number of nitrogens with zero attached hydrogens (tertiary/aromatic N) is 4. The number of halogens is 10. The predicted octanol–water partition coefficient (Wildman–Crippen LogP) is 3.38. The summed E-state index contributed by atoms with van der Waals surface area (Å²) in [5, 5.41) is 0. The summed E-state index contributed by atoms with van der Waals surface area (Å²) in [6.45, 7) is -2.98. The van der Waals surface area contributed by atoms with Crippen molar-refractivity contribution in [3.05, 3.63) is 96.5 Å². The lowest BCUT2D eigenvalue weighted by Crippen LogP contribution is -2.41. The van der Waals surface area contributed by atoms with Crippen LogP contribution in [0.25, 0.3) is 11.2 Å². The molecule has 0 amide bonds. The molecule has 0 aliphatic carbocycles. The van der Waals surface area contributed by atoms with Gasteiger partial charge in [0.1, 0.15) is 0 Å². The average molecular weight is 526 g/mol. The number of hydrogen-bond donors (Lipinski definition) is 0. The number of imidazole rings is 1. The zero-order valence-electron chi connectivity index (χ0n) is 17.4. The number of benzene rings is 2. The van der Waals surface area contributed by atoms with Crippen molar-refractivity contribution in [3.8, 4) is 0 Å². The Morgan fingerprint density at radius 2 is 0.972 bits per heavy atom. The monoisotopic (exact) mass is 526 g/mol. The van der Waals surface area contributed by atoms with Crippen molar-refractivity contribution in [2.75, 3.05) is 0 Å². The van der Waals surface area contributed by atoms with E-state index in [4.69, 9.17) is 0 Å². The molecule has 0 N–H and O–H groups in total. The van der Waals surface area contributed by atoms with Gasteiger partial charge in [-0.2, -0.15) is 0 Å². The van der Waals surface area contributed by atoms with Gasteiger partial charge in [-0.05, 0) is 0 Å². The molecule has 0 fully saturated rings. The zero-order valence-corrected chi connectivity index (χ0v) is 17.4. The van der Waals surface area contributed by atoms with Crippen LogP contribution in [0.2, 0.25) is 0 Å². The highest BCUT2D eigenvalue weighted by Gasteiger charge is 2.30. The highest BCUT2D eigenvalue weighted by molar-refractivity contribution is 5.70. The maximum absolute atomic E-state index is 14.2. The van der Waals surface area contributed by atoms with Gasteiger partial charge in [-0.25, -0.2) is 53.7 Å². The molecule has 2 aromatic carbocycles. The Labute approximate surface area is 191 Å². The summed E-state index contributed by atoms with van der Waals surface area (Å²) in [5.41, 5.74) is -7.36. The van der Waals surface area contributed by atoms with E-state index in [2.05, 4.69) is 4.98 Å². The maximum Gasteiger partial charge on any atom is 0.333 e. The molecule has 190 valence electrons. The fraction of sp³-hybridized carbons (Fsp3) is 0.150. The topological polar surface area (TPSA) is 61.8 Å². The van der Waals surface area contributed by atoms with Crippen LogP contribution in [0.3, 0.4) is 0 Å². The second kappa shape index (κ2) is 8.53. The first kappa shape index (κ1) is 25.0.